The Hall–Kier alpha value is -0.0431. The van der Waals surface area contributed by atoms with Crippen LogP contribution >= 0.6 is 0 Å². The highest BCUT2D eigenvalue weighted by Crippen LogP contribution is 2.13. The first-order valence-corrected chi connectivity index (χ1v) is 3.30. The molecule has 7 heavy (non-hydrogen) atoms. The smallest absolute Gasteiger partial charge is 0.0328 e. The van der Waals surface area contributed by atoms with E-state index < -0.39 is 10.0 Å². The van der Waals surface area contributed by atoms with Gasteiger partial charge in [-0.25, -0.2) is 0 Å². The fourth-order valence-electron chi connectivity index (χ4n) is 0.838. The number of hydrogen-bond donors (Lipinski definition) is 0. The zero-order chi connectivity index (χ0) is 7.61. The van der Waals surface area contributed by atoms with E-state index in [9.17, 15) is 0 Å². The first-order valence-electron chi connectivity index (χ1n) is 4.30. The van der Waals surface area contributed by atoms with Crippen molar-refractivity contribution in [3.8, 4) is 0 Å². The van der Waals surface area contributed by atoms with Gasteiger partial charge in [-0.2, -0.15) is 0 Å². The quantitative estimate of drug-likeness (QED) is 0.447. The number of hydrogen-bond acceptors (Lipinski definition) is 0. The largest absolute Gasteiger partial charge is 0.0957 e. The molecule has 1 aliphatic carbocycles. The molecule has 0 unspecified atom stereocenters. The molecular formula is C6H12Si. The van der Waals surface area contributed by atoms with Gasteiger partial charge in [-0.1, -0.05) is 11.3 Å². The monoisotopic (exact) mass is 118 g/mol. The summed E-state index contributed by atoms with van der Waals surface area (Å²) < 4.78 is 21.7. The molecule has 0 saturated heterocycles. The highest BCUT2D eigenvalue weighted by atomic mass is 28.1. The molecule has 0 amide bonds. The van der Waals surface area contributed by atoms with E-state index in [1.165, 1.54) is 6.42 Å². The maximum Gasteiger partial charge on any atom is 0.0328 e. The maximum atomic E-state index is 7.23. The van der Waals surface area contributed by atoms with E-state index in [-0.39, 0.29) is 0 Å². The Morgan fingerprint density at radius 1 is 1.71 bits per heavy atom. The molecule has 0 spiro atoms. The zero-order valence-corrected chi connectivity index (χ0v) is 5.41. The summed E-state index contributed by atoms with van der Waals surface area (Å²) >= 11 is 0. The Labute approximate surface area is 51.7 Å². The van der Waals surface area contributed by atoms with Crippen LogP contribution in [-0.2, 0) is 0 Å². The Bertz CT molecular complexity index is 148. The third-order valence-electron chi connectivity index (χ3n) is 1.29. The van der Waals surface area contributed by atoms with E-state index in [0.717, 1.165) is 24.5 Å². The molecule has 0 radical (unpaired) electrons. The van der Waals surface area contributed by atoms with Gasteiger partial charge in [0.2, 0.25) is 0 Å². The lowest BCUT2D eigenvalue weighted by Crippen LogP contribution is -1.89. The van der Waals surface area contributed by atoms with Gasteiger partial charge in [-0.05, 0) is 25.7 Å². The highest BCUT2D eigenvalue weighted by Gasteiger charge is 1.95. The van der Waals surface area contributed by atoms with Crippen LogP contribution in [0, 0.1) is 0 Å². The molecule has 1 rings (SSSR count). The van der Waals surface area contributed by atoms with Crippen LogP contribution in [0.4, 0.5) is 0 Å². The average molecular weight is 118 g/mol. The molecular weight excluding hydrogens is 100 g/mol. The number of rotatable bonds is 1. The van der Waals surface area contributed by atoms with Gasteiger partial charge < -0.3 is 0 Å². The molecule has 0 heterocycles. The second-order valence-electron chi connectivity index (χ2n) is 1.98. The summed E-state index contributed by atoms with van der Waals surface area (Å²) in [5, 5.41) is 0.804. The first-order chi connectivity index (χ1) is 4.61. The second kappa shape index (κ2) is 2.31. The Morgan fingerprint density at radius 3 is 3.14 bits per heavy atom. The molecule has 40 valence electrons. The van der Waals surface area contributed by atoms with Gasteiger partial charge in [0.1, 0.15) is 0 Å². The minimum absolute atomic E-state index is 0.804. The molecule has 1 heteroatoms. The molecule has 0 aromatic rings. The summed E-state index contributed by atoms with van der Waals surface area (Å²) in [6, 6.07) is 0. The molecule has 0 atom stereocenters. The van der Waals surface area contributed by atoms with Crippen molar-refractivity contribution in [2.75, 3.05) is 0 Å². The van der Waals surface area contributed by atoms with Crippen LogP contribution in [-0.4, -0.2) is 13.7 Å². The SMILES string of the molecule is [3H][Si]([3H])([3H])C1=CCCCC1. The van der Waals surface area contributed by atoms with Crippen molar-refractivity contribution in [2.24, 2.45) is 0 Å². The van der Waals surface area contributed by atoms with Crippen LogP contribution in [0.1, 0.15) is 25.7 Å². The van der Waals surface area contributed by atoms with Gasteiger partial charge in [-0.3, -0.25) is 0 Å². The maximum absolute atomic E-state index is 7.23. The normalized spacial score (nSPS) is 29.7. The summed E-state index contributed by atoms with van der Waals surface area (Å²) in [6.45, 7) is 0. The van der Waals surface area contributed by atoms with Crippen LogP contribution in [0.2, 0.25) is 0 Å². The molecule has 0 bridgehead atoms. The zero-order valence-electron chi connectivity index (χ0n) is 7.41. The van der Waals surface area contributed by atoms with E-state index in [0.29, 0.717) is 0 Å². The minimum atomic E-state index is -3.15. The van der Waals surface area contributed by atoms with Gasteiger partial charge in [0.05, 0.1) is 0 Å². The molecule has 0 aliphatic heterocycles. The van der Waals surface area contributed by atoms with Crippen LogP contribution in [0.15, 0.2) is 11.3 Å². The van der Waals surface area contributed by atoms with Crippen molar-refractivity contribution < 1.29 is 0 Å². The van der Waals surface area contributed by atoms with Crippen LogP contribution < -0.4 is 0 Å². The van der Waals surface area contributed by atoms with Gasteiger partial charge >= 0.3 is 0 Å². The summed E-state index contributed by atoms with van der Waals surface area (Å²) in [7, 11) is -3.15. The van der Waals surface area contributed by atoms with E-state index >= 15 is 0 Å². The van der Waals surface area contributed by atoms with Crippen LogP contribution in [0.25, 0.3) is 0 Å². The van der Waals surface area contributed by atoms with Crippen LogP contribution in [0.5, 0.6) is 0 Å². The van der Waals surface area contributed by atoms with Crippen molar-refractivity contribution in [2.45, 2.75) is 25.7 Å². The Kier molecular flexibility index (Phi) is 0.822. The topological polar surface area (TPSA) is 0 Å². The average Bonchev–Trinajstić information content (AvgIpc) is 1.88. The van der Waals surface area contributed by atoms with E-state index in [2.05, 4.69) is 0 Å². The molecule has 0 fully saturated rings. The van der Waals surface area contributed by atoms with Crippen molar-refractivity contribution in [3.05, 3.63) is 11.3 Å². The third-order valence-corrected chi connectivity index (χ3v) is 1.75. The van der Waals surface area contributed by atoms with Crippen molar-refractivity contribution in [1.82, 2.24) is 0 Å². The van der Waals surface area contributed by atoms with Gasteiger partial charge in [0.15, 0.2) is 0 Å². The highest BCUT2D eigenvalue weighted by molar-refractivity contribution is 6.21. The summed E-state index contributed by atoms with van der Waals surface area (Å²) in [4.78, 5) is 0. The molecule has 0 saturated carbocycles. The Morgan fingerprint density at radius 2 is 2.71 bits per heavy atom. The van der Waals surface area contributed by atoms with Crippen molar-refractivity contribution in [1.29, 1.82) is 3.70 Å². The van der Waals surface area contributed by atoms with E-state index in [1.54, 1.807) is 0 Å². The fraction of sp³-hybridized carbons (Fsp3) is 0.667. The summed E-state index contributed by atoms with van der Waals surface area (Å²) in [5.74, 6) is 0. The molecule has 0 aromatic carbocycles. The lowest BCUT2D eigenvalue weighted by molar-refractivity contribution is 0.721. The molecule has 1 aliphatic rings. The van der Waals surface area contributed by atoms with Crippen molar-refractivity contribution in [3.63, 3.8) is 0 Å². The Balaban J connectivity index is 2.62. The number of allylic oxidation sites excluding steroid dienone is 2. The van der Waals surface area contributed by atoms with E-state index in [4.69, 9.17) is 3.70 Å². The summed E-state index contributed by atoms with van der Waals surface area (Å²) in [6.07, 6.45) is 6.01. The second-order valence-corrected chi connectivity index (χ2v) is 2.62. The lowest BCUT2D eigenvalue weighted by atomic mass is 10.1. The summed E-state index contributed by atoms with van der Waals surface area (Å²) in [5.41, 5.74) is 0. The third kappa shape index (κ3) is 1.47. The van der Waals surface area contributed by atoms with Crippen molar-refractivity contribution >= 4 is 10.0 Å². The van der Waals surface area contributed by atoms with E-state index in [1.807, 2.05) is 6.08 Å². The lowest BCUT2D eigenvalue weighted by Gasteiger charge is -2.05. The molecule has 0 nitrogen and oxygen atoms in total. The molecule has 0 N–H and O–H groups in total. The predicted molar refractivity (Wildman–Crippen MR) is 36.5 cm³/mol. The predicted octanol–water partition coefficient (Wildman–Crippen LogP) is 0.810. The van der Waals surface area contributed by atoms with Gasteiger partial charge in [0.25, 0.3) is 0 Å². The minimum Gasteiger partial charge on any atom is -0.0957 e. The fourth-order valence-corrected chi connectivity index (χ4v) is 1.16. The first kappa shape index (κ1) is 2.49. The van der Waals surface area contributed by atoms with Gasteiger partial charge in [-0.15, -0.1) is 0 Å². The van der Waals surface area contributed by atoms with Crippen LogP contribution in [0.3, 0.4) is 0 Å². The molecule has 0 aromatic heterocycles. The van der Waals surface area contributed by atoms with Gasteiger partial charge in [0, 0.05) is 13.7 Å². The standard InChI is InChI=1S/C6H12Si/c7-6-4-2-1-3-5-6/h4H,1-3,5H2,7H3/i7T3.